The Morgan fingerprint density at radius 2 is 2.14 bits per heavy atom. The number of aliphatic hydroxyl groups is 2. The first kappa shape index (κ1) is 11.5. The number of rotatable bonds is 4. The summed E-state index contributed by atoms with van der Waals surface area (Å²) >= 11 is 0. The number of ether oxygens (including phenoxy) is 1. The highest BCUT2D eigenvalue weighted by Gasteiger charge is 2.35. The van der Waals surface area contributed by atoms with Crippen LogP contribution in [0.1, 0.15) is 39.5 Å². The summed E-state index contributed by atoms with van der Waals surface area (Å²) in [6.45, 7) is 4.39. The van der Waals surface area contributed by atoms with Gasteiger partial charge in [0.25, 0.3) is 0 Å². The largest absolute Gasteiger partial charge is 0.495 e. The lowest BCUT2D eigenvalue weighted by Crippen LogP contribution is -2.43. The van der Waals surface area contributed by atoms with Crippen molar-refractivity contribution >= 4 is 0 Å². The van der Waals surface area contributed by atoms with Crippen molar-refractivity contribution in [1.29, 1.82) is 0 Å². The molecule has 1 unspecified atom stereocenters. The normalized spacial score (nSPS) is 19.9. The van der Waals surface area contributed by atoms with Gasteiger partial charge >= 0.3 is 0 Å². The molecule has 1 aliphatic rings. The van der Waals surface area contributed by atoms with Gasteiger partial charge in [0, 0.05) is 0 Å². The standard InChI is InChI=1S/C11H20O3/c1-3-11(13,4-2)10(12)9-7-5-6-8-14-9/h7,10,12-13H,3-6,8H2,1-2H3. The molecule has 0 aromatic carbocycles. The molecule has 0 radical (unpaired) electrons. The van der Waals surface area contributed by atoms with E-state index < -0.39 is 11.7 Å². The lowest BCUT2D eigenvalue weighted by molar-refractivity contribution is -0.0853. The van der Waals surface area contributed by atoms with E-state index in [4.69, 9.17) is 4.74 Å². The second-order valence-corrected chi connectivity index (χ2v) is 3.81. The molecule has 0 saturated carbocycles. The van der Waals surface area contributed by atoms with Gasteiger partial charge in [-0.2, -0.15) is 0 Å². The second-order valence-electron chi connectivity index (χ2n) is 3.81. The fraction of sp³-hybridized carbons (Fsp3) is 0.818. The zero-order chi connectivity index (χ0) is 10.6. The smallest absolute Gasteiger partial charge is 0.139 e. The summed E-state index contributed by atoms with van der Waals surface area (Å²) < 4.78 is 5.34. The van der Waals surface area contributed by atoms with E-state index in [1.165, 1.54) is 0 Å². The van der Waals surface area contributed by atoms with Crippen molar-refractivity contribution in [2.75, 3.05) is 6.61 Å². The summed E-state index contributed by atoms with van der Waals surface area (Å²) in [5, 5.41) is 20.0. The lowest BCUT2D eigenvalue weighted by Gasteiger charge is -2.33. The summed E-state index contributed by atoms with van der Waals surface area (Å²) in [5.74, 6) is 0.544. The van der Waals surface area contributed by atoms with E-state index in [1.54, 1.807) is 0 Å². The fourth-order valence-corrected chi connectivity index (χ4v) is 1.67. The lowest BCUT2D eigenvalue weighted by atomic mass is 9.89. The molecule has 3 heteroatoms. The van der Waals surface area contributed by atoms with E-state index in [9.17, 15) is 10.2 Å². The molecule has 0 spiro atoms. The van der Waals surface area contributed by atoms with E-state index in [0.717, 1.165) is 12.8 Å². The SMILES string of the molecule is CCC(O)(CC)C(O)C1=CCCCO1. The van der Waals surface area contributed by atoms with Crippen molar-refractivity contribution < 1.29 is 14.9 Å². The molecule has 0 aromatic rings. The van der Waals surface area contributed by atoms with Crippen molar-refractivity contribution in [3.05, 3.63) is 11.8 Å². The molecule has 3 nitrogen and oxygen atoms in total. The molecule has 0 aromatic heterocycles. The Hall–Kier alpha value is -0.540. The Kier molecular flexibility index (Phi) is 3.96. The van der Waals surface area contributed by atoms with Crippen LogP contribution in [0.3, 0.4) is 0 Å². The van der Waals surface area contributed by atoms with Gasteiger partial charge in [-0.05, 0) is 31.8 Å². The molecule has 1 rings (SSSR count). The Morgan fingerprint density at radius 3 is 2.57 bits per heavy atom. The van der Waals surface area contributed by atoms with Crippen LogP contribution in [0.2, 0.25) is 0 Å². The summed E-state index contributed by atoms with van der Waals surface area (Å²) in [7, 11) is 0. The summed E-state index contributed by atoms with van der Waals surface area (Å²) in [5.41, 5.74) is -1.04. The molecule has 2 N–H and O–H groups in total. The molecule has 0 fully saturated rings. The zero-order valence-corrected chi connectivity index (χ0v) is 8.99. The van der Waals surface area contributed by atoms with Gasteiger partial charge in [-0.25, -0.2) is 0 Å². The van der Waals surface area contributed by atoms with Crippen LogP contribution in [0.5, 0.6) is 0 Å². The average Bonchev–Trinajstić information content (AvgIpc) is 2.28. The van der Waals surface area contributed by atoms with E-state index in [0.29, 0.717) is 25.2 Å². The van der Waals surface area contributed by atoms with Crippen LogP contribution >= 0.6 is 0 Å². The van der Waals surface area contributed by atoms with E-state index in [1.807, 2.05) is 19.9 Å². The Bertz CT molecular complexity index is 207. The highest BCUT2D eigenvalue weighted by Crippen LogP contribution is 2.27. The first-order valence-electron chi connectivity index (χ1n) is 5.37. The number of hydrogen-bond donors (Lipinski definition) is 2. The summed E-state index contributed by atoms with van der Waals surface area (Å²) in [4.78, 5) is 0. The molecule has 82 valence electrons. The molecule has 14 heavy (non-hydrogen) atoms. The Labute approximate surface area is 85.4 Å². The van der Waals surface area contributed by atoms with Gasteiger partial charge in [-0.1, -0.05) is 13.8 Å². The summed E-state index contributed by atoms with van der Waals surface area (Å²) in [6, 6.07) is 0. The highest BCUT2D eigenvalue weighted by atomic mass is 16.5. The number of hydrogen-bond acceptors (Lipinski definition) is 3. The van der Waals surface area contributed by atoms with E-state index in [-0.39, 0.29) is 0 Å². The van der Waals surface area contributed by atoms with Crippen molar-refractivity contribution in [2.24, 2.45) is 0 Å². The molecule has 0 saturated heterocycles. The van der Waals surface area contributed by atoms with Crippen LogP contribution in [0, 0.1) is 0 Å². The molecular formula is C11H20O3. The molecule has 0 amide bonds. The van der Waals surface area contributed by atoms with Gasteiger partial charge in [-0.15, -0.1) is 0 Å². The van der Waals surface area contributed by atoms with Crippen LogP contribution in [-0.2, 0) is 4.74 Å². The minimum Gasteiger partial charge on any atom is -0.495 e. The highest BCUT2D eigenvalue weighted by molar-refractivity contribution is 5.09. The molecule has 1 aliphatic heterocycles. The van der Waals surface area contributed by atoms with E-state index >= 15 is 0 Å². The Balaban J connectivity index is 2.71. The minimum atomic E-state index is -1.04. The van der Waals surface area contributed by atoms with Crippen LogP contribution in [0.25, 0.3) is 0 Å². The maximum atomic E-state index is 10.1. The van der Waals surface area contributed by atoms with Gasteiger partial charge < -0.3 is 14.9 Å². The van der Waals surface area contributed by atoms with Gasteiger partial charge in [0.05, 0.1) is 12.2 Å². The first-order chi connectivity index (χ1) is 6.64. The summed E-state index contributed by atoms with van der Waals surface area (Å²) in [6.07, 6.45) is 3.99. The molecule has 0 bridgehead atoms. The van der Waals surface area contributed by atoms with Gasteiger partial charge in [-0.3, -0.25) is 0 Å². The van der Waals surface area contributed by atoms with Crippen LogP contribution in [0.15, 0.2) is 11.8 Å². The zero-order valence-electron chi connectivity index (χ0n) is 8.99. The fourth-order valence-electron chi connectivity index (χ4n) is 1.67. The van der Waals surface area contributed by atoms with E-state index in [2.05, 4.69) is 0 Å². The molecule has 1 atom stereocenters. The van der Waals surface area contributed by atoms with Crippen LogP contribution < -0.4 is 0 Å². The number of allylic oxidation sites excluding steroid dienone is 1. The molecule has 0 aliphatic carbocycles. The predicted molar refractivity (Wildman–Crippen MR) is 54.8 cm³/mol. The predicted octanol–water partition coefficient (Wildman–Crippen LogP) is 1.59. The quantitative estimate of drug-likeness (QED) is 0.724. The third-order valence-corrected chi connectivity index (χ3v) is 2.97. The second kappa shape index (κ2) is 4.80. The van der Waals surface area contributed by atoms with Gasteiger partial charge in [0.1, 0.15) is 11.9 Å². The minimum absolute atomic E-state index is 0.533. The average molecular weight is 200 g/mol. The van der Waals surface area contributed by atoms with Gasteiger partial charge in [0.2, 0.25) is 0 Å². The topological polar surface area (TPSA) is 49.7 Å². The van der Waals surface area contributed by atoms with Crippen LogP contribution in [-0.4, -0.2) is 28.5 Å². The third kappa shape index (κ3) is 2.28. The maximum Gasteiger partial charge on any atom is 0.139 e. The Morgan fingerprint density at radius 1 is 1.50 bits per heavy atom. The monoisotopic (exact) mass is 200 g/mol. The van der Waals surface area contributed by atoms with Crippen molar-refractivity contribution in [2.45, 2.75) is 51.2 Å². The van der Waals surface area contributed by atoms with Crippen molar-refractivity contribution in [3.8, 4) is 0 Å². The molecule has 1 heterocycles. The van der Waals surface area contributed by atoms with Crippen molar-refractivity contribution in [1.82, 2.24) is 0 Å². The third-order valence-electron chi connectivity index (χ3n) is 2.97. The molecular weight excluding hydrogens is 180 g/mol. The van der Waals surface area contributed by atoms with Crippen LogP contribution in [0.4, 0.5) is 0 Å². The first-order valence-corrected chi connectivity index (χ1v) is 5.37. The van der Waals surface area contributed by atoms with Gasteiger partial charge in [0.15, 0.2) is 0 Å². The maximum absolute atomic E-state index is 10.1. The van der Waals surface area contributed by atoms with Crippen molar-refractivity contribution in [3.63, 3.8) is 0 Å². The number of aliphatic hydroxyl groups excluding tert-OH is 1.